The summed E-state index contributed by atoms with van der Waals surface area (Å²) >= 11 is 0. The van der Waals surface area contributed by atoms with E-state index in [2.05, 4.69) is 17.3 Å². The highest BCUT2D eigenvalue weighted by atomic mass is 16.5. The molecular weight excluding hydrogens is 322 g/mol. The van der Waals surface area contributed by atoms with Gasteiger partial charge in [-0.2, -0.15) is 5.10 Å². The van der Waals surface area contributed by atoms with Crippen molar-refractivity contribution < 1.29 is 13.9 Å². The van der Waals surface area contributed by atoms with Crippen LogP contribution in [-0.2, 0) is 11.3 Å². The maximum absolute atomic E-state index is 12.5. The van der Waals surface area contributed by atoms with E-state index >= 15 is 0 Å². The molecule has 0 radical (unpaired) electrons. The topological polar surface area (TPSA) is 86.4 Å². The van der Waals surface area contributed by atoms with E-state index < -0.39 is 11.5 Å². The molecule has 1 atom stereocenters. The molecule has 3 heterocycles. The minimum atomic E-state index is -0.646. The quantitative estimate of drug-likeness (QED) is 0.900. The Morgan fingerprint density at radius 1 is 1.40 bits per heavy atom. The van der Waals surface area contributed by atoms with Gasteiger partial charge in [-0.05, 0) is 44.7 Å². The van der Waals surface area contributed by atoms with Crippen LogP contribution in [0.3, 0.4) is 0 Å². The van der Waals surface area contributed by atoms with Crippen molar-refractivity contribution in [2.75, 3.05) is 11.9 Å². The van der Waals surface area contributed by atoms with Crippen LogP contribution in [0.25, 0.3) is 0 Å². The first kappa shape index (κ1) is 17.4. The van der Waals surface area contributed by atoms with E-state index in [-0.39, 0.29) is 11.7 Å². The molecule has 0 spiro atoms. The number of carbonyl (C=O) groups is 1. The predicted octanol–water partition coefficient (Wildman–Crippen LogP) is 2.97. The number of rotatable bonds is 5. The van der Waals surface area contributed by atoms with E-state index in [4.69, 9.17) is 9.15 Å². The first-order chi connectivity index (χ1) is 12.0. The molecule has 0 bridgehead atoms. The van der Waals surface area contributed by atoms with Crippen molar-refractivity contribution in [2.45, 2.75) is 52.7 Å². The SMILES string of the molecule is CCCn1nc(NC(=O)c2c(C)cc(C3CCCO3)oc2=O)cc1C. The molecule has 1 saturated heterocycles. The molecule has 7 heteroatoms. The van der Waals surface area contributed by atoms with Gasteiger partial charge in [-0.25, -0.2) is 4.79 Å². The summed E-state index contributed by atoms with van der Waals surface area (Å²) in [5.74, 6) is 0.406. The third-order valence-electron chi connectivity index (χ3n) is 4.30. The third kappa shape index (κ3) is 3.66. The molecule has 2 aromatic rings. The molecule has 3 rings (SSSR count). The number of carbonyl (C=O) groups excluding carboxylic acids is 1. The predicted molar refractivity (Wildman–Crippen MR) is 92.9 cm³/mol. The van der Waals surface area contributed by atoms with Crippen molar-refractivity contribution in [1.29, 1.82) is 0 Å². The van der Waals surface area contributed by atoms with Crippen molar-refractivity contribution in [1.82, 2.24) is 9.78 Å². The first-order valence-corrected chi connectivity index (χ1v) is 8.61. The van der Waals surface area contributed by atoms with Crippen LogP contribution in [0, 0.1) is 13.8 Å². The van der Waals surface area contributed by atoms with Crippen molar-refractivity contribution in [3.05, 3.63) is 45.1 Å². The molecule has 0 saturated carbocycles. The Hall–Kier alpha value is -2.41. The van der Waals surface area contributed by atoms with Gasteiger partial charge in [0.25, 0.3) is 5.91 Å². The number of hydrogen-bond acceptors (Lipinski definition) is 5. The summed E-state index contributed by atoms with van der Waals surface area (Å²) in [5.41, 5.74) is 0.885. The molecule has 1 amide bonds. The van der Waals surface area contributed by atoms with Crippen LogP contribution in [-0.4, -0.2) is 22.3 Å². The smallest absolute Gasteiger partial charge is 0.349 e. The van der Waals surface area contributed by atoms with Gasteiger partial charge >= 0.3 is 5.63 Å². The molecule has 1 unspecified atom stereocenters. The van der Waals surface area contributed by atoms with E-state index in [9.17, 15) is 9.59 Å². The second-order valence-electron chi connectivity index (χ2n) is 6.34. The summed E-state index contributed by atoms with van der Waals surface area (Å²) in [5, 5.41) is 7.02. The highest BCUT2D eigenvalue weighted by molar-refractivity contribution is 6.04. The van der Waals surface area contributed by atoms with Crippen molar-refractivity contribution in [3.8, 4) is 0 Å². The minimum Gasteiger partial charge on any atom is -0.424 e. The number of hydrogen-bond donors (Lipinski definition) is 1. The van der Waals surface area contributed by atoms with Gasteiger partial charge in [0.2, 0.25) is 0 Å². The number of anilines is 1. The molecule has 134 valence electrons. The fourth-order valence-corrected chi connectivity index (χ4v) is 3.05. The molecule has 1 fully saturated rings. The number of ether oxygens (including phenoxy) is 1. The highest BCUT2D eigenvalue weighted by Crippen LogP contribution is 2.28. The summed E-state index contributed by atoms with van der Waals surface area (Å²) in [6, 6.07) is 3.50. The summed E-state index contributed by atoms with van der Waals surface area (Å²) in [6.07, 6.45) is 2.51. The van der Waals surface area contributed by atoms with Crippen LogP contribution in [0.5, 0.6) is 0 Å². The van der Waals surface area contributed by atoms with E-state index in [1.54, 1.807) is 19.1 Å². The van der Waals surface area contributed by atoms with Gasteiger partial charge in [-0.1, -0.05) is 6.92 Å². The Kier molecular flexibility index (Phi) is 5.03. The average Bonchev–Trinajstić information content (AvgIpc) is 3.17. The Bertz CT molecular complexity index is 831. The molecule has 2 aromatic heterocycles. The second kappa shape index (κ2) is 7.23. The molecule has 1 N–H and O–H groups in total. The van der Waals surface area contributed by atoms with Crippen molar-refractivity contribution >= 4 is 11.7 Å². The zero-order valence-electron chi connectivity index (χ0n) is 14.8. The number of aryl methyl sites for hydroxylation is 3. The van der Waals surface area contributed by atoms with Crippen LogP contribution in [0.4, 0.5) is 5.82 Å². The largest absolute Gasteiger partial charge is 0.424 e. The van der Waals surface area contributed by atoms with Crippen LogP contribution in [0.1, 0.15) is 59.7 Å². The number of amides is 1. The van der Waals surface area contributed by atoms with Gasteiger partial charge in [0.1, 0.15) is 17.4 Å². The van der Waals surface area contributed by atoms with Gasteiger partial charge in [0.05, 0.1) is 0 Å². The van der Waals surface area contributed by atoms with E-state index in [1.807, 2.05) is 11.6 Å². The second-order valence-corrected chi connectivity index (χ2v) is 6.34. The number of aromatic nitrogens is 2. The van der Waals surface area contributed by atoms with Crippen LogP contribution < -0.4 is 10.9 Å². The summed E-state index contributed by atoms with van der Waals surface area (Å²) in [4.78, 5) is 24.8. The zero-order valence-corrected chi connectivity index (χ0v) is 14.8. The van der Waals surface area contributed by atoms with Gasteiger partial charge in [-0.15, -0.1) is 0 Å². The van der Waals surface area contributed by atoms with Crippen molar-refractivity contribution in [2.24, 2.45) is 0 Å². The summed E-state index contributed by atoms with van der Waals surface area (Å²) in [6.45, 7) is 7.15. The maximum atomic E-state index is 12.5. The van der Waals surface area contributed by atoms with E-state index in [0.29, 0.717) is 23.7 Å². The molecule has 0 aliphatic carbocycles. The fourth-order valence-electron chi connectivity index (χ4n) is 3.05. The van der Waals surface area contributed by atoms with Gasteiger partial charge < -0.3 is 14.5 Å². The standard InChI is InChI=1S/C18H23N3O4/c1-4-7-21-12(3)10-15(20-21)19-17(22)16-11(2)9-14(25-18(16)23)13-6-5-8-24-13/h9-10,13H,4-8H2,1-3H3,(H,19,20,22). The van der Waals surface area contributed by atoms with Gasteiger partial charge in [-0.3, -0.25) is 9.48 Å². The van der Waals surface area contributed by atoms with Gasteiger partial charge in [0, 0.05) is 24.9 Å². The minimum absolute atomic E-state index is 0.00411. The molecule has 0 aromatic carbocycles. The molecule has 7 nitrogen and oxygen atoms in total. The molecule has 25 heavy (non-hydrogen) atoms. The maximum Gasteiger partial charge on any atom is 0.349 e. The summed E-state index contributed by atoms with van der Waals surface area (Å²) in [7, 11) is 0. The third-order valence-corrected chi connectivity index (χ3v) is 4.30. The lowest BCUT2D eigenvalue weighted by Crippen LogP contribution is -2.23. The normalized spacial score (nSPS) is 17.0. The highest BCUT2D eigenvalue weighted by Gasteiger charge is 2.24. The number of nitrogens with zero attached hydrogens (tertiary/aromatic N) is 2. The zero-order chi connectivity index (χ0) is 18.0. The Balaban J connectivity index is 1.82. The average molecular weight is 345 g/mol. The Labute approximate surface area is 146 Å². The van der Waals surface area contributed by atoms with Gasteiger partial charge in [0.15, 0.2) is 5.82 Å². The Morgan fingerprint density at radius 2 is 2.20 bits per heavy atom. The molecular formula is C18H23N3O4. The van der Waals surface area contributed by atoms with Crippen LogP contribution in [0.2, 0.25) is 0 Å². The van der Waals surface area contributed by atoms with Crippen LogP contribution >= 0.6 is 0 Å². The lowest BCUT2D eigenvalue weighted by Gasteiger charge is -2.10. The monoisotopic (exact) mass is 345 g/mol. The molecule has 1 aliphatic rings. The lowest BCUT2D eigenvalue weighted by molar-refractivity contribution is 0.0895. The Morgan fingerprint density at radius 3 is 2.84 bits per heavy atom. The molecule has 1 aliphatic heterocycles. The fraction of sp³-hybridized carbons (Fsp3) is 0.500. The lowest BCUT2D eigenvalue weighted by atomic mass is 10.1. The van der Waals surface area contributed by atoms with Crippen LogP contribution in [0.15, 0.2) is 21.3 Å². The first-order valence-electron chi connectivity index (χ1n) is 8.61. The summed E-state index contributed by atoms with van der Waals surface area (Å²) < 4.78 is 12.7. The van der Waals surface area contributed by atoms with Crippen molar-refractivity contribution in [3.63, 3.8) is 0 Å². The van der Waals surface area contributed by atoms with E-state index in [1.165, 1.54) is 0 Å². The van der Waals surface area contributed by atoms with E-state index in [0.717, 1.165) is 31.5 Å². The number of nitrogens with one attached hydrogen (secondary N) is 1.